The third-order valence-electron chi connectivity index (χ3n) is 2.92. The lowest BCUT2D eigenvalue weighted by atomic mass is 10.1. The first-order valence-corrected chi connectivity index (χ1v) is 5.86. The number of morpholine rings is 1. The standard InChI is InChI=1S/C13H17NO3/c15-12(11-4-2-1-3-5-11)10-13(16)14-6-8-17-9-7-14/h1-5,12,15H,6-10H2. The number of aliphatic hydroxyl groups excluding tert-OH is 1. The molecule has 4 heteroatoms. The van der Waals surface area contributed by atoms with Crippen LogP contribution in [0.5, 0.6) is 0 Å². The van der Waals surface area contributed by atoms with E-state index < -0.39 is 6.10 Å². The highest BCUT2D eigenvalue weighted by Gasteiger charge is 2.20. The van der Waals surface area contributed by atoms with Gasteiger partial charge in [-0.1, -0.05) is 30.3 Å². The fraction of sp³-hybridized carbons (Fsp3) is 0.462. The molecular weight excluding hydrogens is 218 g/mol. The molecule has 1 aromatic carbocycles. The molecule has 1 aliphatic heterocycles. The van der Waals surface area contributed by atoms with Gasteiger partial charge >= 0.3 is 0 Å². The number of carbonyl (C=O) groups excluding carboxylic acids is 1. The Bertz CT molecular complexity index is 360. The van der Waals surface area contributed by atoms with Crippen LogP contribution in [-0.4, -0.2) is 42.2 Å². The van der Waals surface area contributed by atoms with Crippen LogP contribution in [0.2, 0.25) is 0 Å². The van der Waals surface area contributed by atoms with Crippen LogP contribution in [-0.2, 0) is 9.53 Å². The topological polar surface area (TPSA) is 49.8 Å². The summed E-state index contributed by atoms with van der Waals surface area (Å²) >= 11 is 0. The monoisotopic (exact) mass is 235 g/mol. The minimum absolute atomic E-state index is 0.00958. The van der Waals surface area contributed by atoms with Crippen molar-refractivity contribution in [1.82, 2.24) is 4.90 Å². The Balaban J connectivity index is 1.89. The lowest BCUT2D eigenvalue weighted by Crippen LogP contribution is -2.41. The summed E-state index contributed by atoms with van der Waals surface area (Å²) in [6.45, 7) is 2.43. The third-order valence-corrected chi connectivity index (χ3v) is 2.92. The number of amides is 1. The van der Waals surface area contributed by atoms with Crippen LogP contribution in [0.25, 0.3) is 0 Å². The lowest BCUT2D eigenvalue weighted by molar-refractivity contribution is -0.137. The fourth-order valence-electron chi connectivity index (χ4n) is 1.90. The average molecular weight is 235 g/mol. The molecule has 1 atom stereocenters. The zero-order valence-electron chi connectivity index (χ0n) is 9.71. The van der Waals surface area contributed by atoms with Crippen LogP contribution in [0.15, 0.2) is 30.3 Å². The van der Waals surface area contributed by atoms with Crippen LogP contribution >= 0.6 is 0 Å². The Labute approximate surface area is 101 Å². The summed E-state index contributed by atoms with van der Waals surface area (Å²) in [6.07, 6.45) is -0.573. The molecule has 2 rings (SSSR count). The quantitative estimate of drug-likeness (QED) is 0.849. The summed E-state index contributed by atoms with van der Waals surface area (Å²) in [5, 5.41) is 9.94. The predicted octanol–water partition coefficient (Wildman–Crippen LogP) is 0.969. The van der Waals surface area contributed by atoms with E-state index in [1.807, 2.05) is 30.3 Å². The first-order chi connectivity index (χ1) is 8.27. The first-order valence-electron chi connectivity index (χ1n) is 5.86. The Morgan fingerprint density at radius 3 is 2.59 bits per heavy atom. The average Bonchev–Trinajstić information content (AvgIpc) is 2.40. The van der Waals surface area contributed by atoms with Crippen molar-refractivity contribution >= 4 is 5.91 Å². The maximum atomic E-state index is 11.9. The van der Waals surface area contributed by atoms with E-state index >= 15 is 0 Å². The molecule has 0 saturated carbocycles. The number of hydrogen-bond donors (Lipinski definition) is 1. The van der Waals surface area contributed by atoms with Gasteiger partial charge in [0.15, 0.2) is 0 Å². The van der Waals surface area contributed by atoms with E-state index in [1.54, 1.807) is 4.90 Å². The normalized spacial score (nSPS) is 17.8. The minimum atomic E-state index is -0.716. The predicted molar refractivity (Wildman–Crippen MR) is 63.4 cm³/mol. The smallest absolute Gasteiger partial charge is 0.225 e. The van der Waals surface area contributed by atoms with Gasteiger partial charge in [-0.2, -0.15) is 0 Å². The van der Waals surface area contributed by atoms with E-state index in [1.165, 1.54) is 0 Å². The number of benzene rings is 1. The summed E-state index contributed by atoms with van der Waals surface area (Å²) in [7, 11) is 0. The van der Waals surface area contributed by atoms with Crippen molar-refractivity contribution in [3.05, 3.63) is 35.9 Å². The number of aliphatic hydroxyl groups is 1. The second kappa shape index (κ2) is 5.80. The molecule has 92 valence electrons. The Hall–Kier alpha value is -1.39. The molecule has 1 aliphatic rings. The van der Waals surface area contributed by atoms with E-state index in [9.17, 15) is 9.90 Å². The van der Waals surface area contributed by atoms with Gasteiger partial charge in [-0.3, -0.25) is 4.79 Å². The second-order valence-electron chi connectivity index (χ2n) is 4.12. The molecule has 0 bridgehead atoms. The van der Waals surface area contributed by atoms with Crippen LogP contribution in [0.3, 0.4) is 0 Å². The largest absolute Gasteiger partial charge is 0.388 e. The zero-order chi connectivity index (χ0) is 12.1. The molecule has 0 radical (unpaired) electrons. The molecule has 1 N–H and O–H groups in total. The van der Waals surface area contributed by atoms with Gasteiger partial charge in [0.2, 0.25) is 5.91 Å². The summed E-state index contributed by atoms with van der Waals surface area (Å²) in [6, 6.07) is 9.27. The van der Waals surface area contributed by atoms with Gasteiger partial charge in [0.1, 0.15) is 0 Å². The van der Waals surface area contributed by atoms with E-state index in [0.717, 1.165) is 5.56 Å². The molecule has 1 aromatic rings. The maximum Gasteiger partial charge on any atom is 0.225 e. The number of rotatable bonds is 3. The molecule has 1 amide bonds. The number of ether oxygens (including phenoxy) is 1. The van der Waals surface area contributed by atoms with Crippen LogP contribution in [0.4, 0.5) is 0 Å². The molecule has 1 saturated heterocycles. The summed E-state index contributed by atoms with van der Waals surface area (Å²) in [4.78, 5) is 13.6. The molecule has 0 aliphatic carbocycles. The van der Waals surface area contributed by atoms with Gasteiger partial charge in [0.05, 0.1) is 25.7 Å². The van der Waals surface area contributed by atoms with Crippen LogP contribution < -0.4 is 0 Å². The highest BCUT2D eigenvalue weighted by atomic mass is 16.5. The Morgan fingerprint density at radius 1 is 1.29 bits per heavy atom. The molecule has 1 heterocycles. The van der Waals surface area contributed by atoms with E-state index in [0.29, 0.717) is 26.3 Å². The Kier molecular flexibility index (Phi) is 4.12. The van der Waals surface area contributed by atoms with Crippen molar-refractivity contribution in [2.24, 2.45) is 0 Å². The highest BCUT2D eigenvalue weighted by Crippen LogP contribution is 2.17. The summed E-state index contributed by atoms with van der Waals surface area (Å²) < 4.78 is 5.18. The van der Waals surface area contributed by atoms with E-state index in [-0.39, 0.29) is 12.3 Å². The van der Waals surface area contributed by atoms with E-state index in [4.69, 9.17) is 4.74 Å². The number of carbonyl (C=O) groups is 1. The zero-order valence-corrected chi connectivity index (χ0v) is 9.71. The fourth-order valence-corrected chi connectivity index (χ4v) is 1.90. The van der Waals surface area contributed by atoms with Crippen molar-refractivity contribution in [3.8, 4) is 0 Å². The highest BCUT2D eigenvalue weighted by molar-refractivity contribution is 5.77. The van der Waals surface area contributed by atoms with Gasteiger partial charge in [0, 0.05) is 13.1 Å². The molecule has 1 fully saturated rings. The van der Waals surface area contributed by atoms with Crippen LogP contribution in [0.1, 0.15) is 18.1 Å². The van der Waals surface area contributed by atoms with Gasteiger partial charge in [-0.15, -0.1) is 0 Å². The summed E-state index contributed by atoms with van der Waals surface area (Å²) in [5.74, 6) is -0.00958. The molecule has 4 nitrogen and oxygen atoms in total. The SMILES string of the molecule is O=C(CC(O)c1ccccc1)N1CCOCC1. The number of hydrogen-bond acceptors (Lipinski definition) is 3. The molecule has 1 unspecified atom stereocenters. The molecular formula is C13H17NO3. The van der Waals surface area contributed by atoms with Gasteiger partial charge in [0.25, 0.3) is 0 Å². The first kappa shape index (κ1) is 12.1. The second-order valence-corrected chi connectivity index (χ2v) is 4.12. The lowest BCUT2D eigenvalue weighted by Gasteiger charge is -2.27. The number of nitrogens with zero attached hydrogens (tertiary/aromatic N) is 1. The van der Waals surface area contributed by atoms with Crippen molar-refractivity contribution in [2.45, 2.75) is 12.5 Å². The van der Waals surface area contributed by atoms with Crippen molar-refractivity contribution in [2.75, 3.05) is 26.3 Å². The molecule has 17 heavy (non-hydrogen) atoms. The third kappa shape index (κ3) is 3.28. The van der Waals surface area contributed by atoms with Crippen molar-refractivity contribution < 1.29 is 14.6 Å². The van der Waals surface area contributed by atoms with Crippen molar-refractivity contribution in [1.29, 1.82) is 0 Å². The maximum absolute atomic E-state index is 11.9. The van der Waals surface area contributed by atoms with E-state index in [2.05, 4.69) is 0 Å². The van der Waals surface area contributed by atoms with Gasteiger partial charge in [-0.05, 0) is 5.56 Å². The van der Waals surface area contributed by atoms with Gasteiger partial charge in [-0.25, -0.2) is 0 Å². The minimum Gasteiger partial charge on any atom is -0.388 e. The van der Waals surface area contributed by atoms with Gasteiger partial charge < -0.3 is 14.7 Å². The van der Waals surface area contributed by atoms with Crippen molar-refractivity contribution in [3.63, 3.8) is 0 Å². The Morgan fingerprint density at radius 2 is 1.94 bits per heavy atom. The molecule has 0 aromatic heterocycles. The molecule has 0 spiro atoms. The van der Waals surface area contributed by atoms with Crippen LogP contribution in [0, 0.1) is 0 Å². The summed E-state index contributed by atoms with van der Waals surface area (Å²) in [5.41, 5.74) is 0.786.